The number of amidine groups is 1. The molecule has 4 aliphatic rings. The van der Waals surface area contributed by atoms with Crippen LogP contribution < -0.4 is 0 Å². The van der Waals surface area contributed by atoms with Gasteiger partial charge in [-0.05, 0) is 12.2 Å². The fourth-order valence-electron chi connectivity index (χ4n) is 3.76. The zero-order valence-electron chi connectivity index (χ0n) is 16.2. The van der Waals surface area contributed by atoms with E-state index in [1.807, 2.05) is 0 Å². The highest BCUT2D eigenvalue weighted by Crippen LogP contribution is 2.20. The van der Waals surface area contributed by atoms with Gasteiger partial charge in [-0.25, -0.2) is 8.42 Å². The SMILES string of the molecule is O=C(CN1CCOCC1)N1CCN(C(=O)C2=CC=CN3CCS(=O)(=O)N=C23)CC1. The molecule has 0 atom stereocenters. The first-order chi connectivity index (χ1) is 13.9. The quantitative estimate of drug-likeness (QED) is 0.544. The Bertz CT molecular complexity index is 867. The molecule has 0 aromatic carbocycles. The van der Waals surface area contributed by atoms with Crippen LogP contribution in [0.25, 0.3) is 0 Å². The number of hydrogen-bond acceptors (Lipinski definition) is 7. The molecule has 158 valence electrons. The second kappa shape index (κ2) is 8.25. The standard InChI is InChI=1S/C18H25N5O5S/c24-16(14-20-8-11-28-12-9-20)21-4-6-23(7-5-21)18(25)15-2-1-3-22-10-13-29(26,27)19-17(15)22/h1-3H,4-14H2. The molecule has 0 radical (unpaired) electrons. The Morgan fingerprint density at radius 1 is 1.00 bits per heavy atom. The van der Waals surface area contributed by atoms with E-state index in [0.29, 0.717) is 45.9 Å². The van der Waals surface area contributed by atoms with Gasteiger partial charge in [0.05, 0.1) is 31.1 Å². The van der Waals surface area contributed by atoms with Crippen LogP contribution in [-0.4, -0.2) is 117 Å². The van der Waals surface area contributed by atoms with Crippen molar-refractivity contribution in [3.05, 3.63) is 23.9 Å². The molecule has 29 heavy (non-hydrogen) atoms. The van der Waals surface area contributed by atoms with Gasteiger partial charge in [-0.3, -0.25) is 14.5 Å². The first kappa shape index (κ1) is 20.0. The normalized spacial score (nSPS) is 24.6. The van der Waals surface area contributed by atoms with Gasteiger partial charge in [-0.15, -0.1) is 4.40 Å². The van der Waals surface area contributed by atoms with E-state index in [9.17, 15) is 18.0 Å². The van der Waals surface area contributed by atoms with Crippen LogP contribution >= 0.6 is 0 Å². The molecule has 11 heteroatoms. The number of rotatable bonds is 3. The van der Waals surface area contributed by atoms with Crippen LogP contribution in [0.5, 0.6) is 0 Å². The summed E-state index contributed by atoms with van der Waals surface area (Å²) < 4.78 is 32.9. The molecule has 0 unspecified atom stereocenters. The van der Waals surface area contributed by atoms with Gasteiger partial charge in [-0.2, -0.15) is 0 Å². The Morgan fingerprint density at radius 2 is 1.69 bits per heavy atom. The van der Waals surface area contributed by atoms with E-state index in [0.717, 1.165) is 13.1 Å². The van der Waals surface area contributed by atoms with E-state index in [4.69, 9.17) is 4.74 Å². The van der Waals surface area contributed by atoms with Crippen LogP contribution in [0.15, 0.2) is 28.3 Å². The topological polar surface area (TPSA) is 103 Å². The van der Waals surface area contributed by atoms with Crippen LogP contribution in [0.3, 0.4) is 0 Å². The molecule has 0 aromatic heterocycles. The van der Waals surface area contributed by atoms with Crippen molar-refractivity contribution in [1.82, 2.24) is 19.6 Å². The molecule has 4 rings (SSSR count). The van der Waals surface area contributed by atoms with Gasteiger partial charge in [0.1, 0.15) is 0 Å². The summed E-state index contributed by atoms with van der Waals surface area (Å²) in [6, 6.07) is 0. The molecule has 0 aromatic rings. The Balaban J connectivity index is 1.36. The van der Waals surface area contributed by atoms with Gasteiger partial charge in [0.25, 0.3) is 15.9 Å². The third kappa shape index (κ3) is 4.51. The average Bonchev–Trinajstić information content (AvgIpc) is 2.73. The van der Waals surface area contributed by atoms with E-state index >= 15 is 0 Å². The molecule has 0 saturated carbocycles. The minimum absolute atomic E-state index is 0.0627. The summed E-state index contributed by atoms with van der Waals surface area (Å²) in [7, 11) is -3.55. The van der Waals surface area contributed by atoms with E-state index in [1.165, 1.54) is 0 Å². The zero-order chi connectivity index (χ0) is 20.4. The molecule has 2 saturated heterocycles. The first-order valence-corrected chi connectivity index (χ1v) is 11.4. The van der Waals surface area contributed by atoms with Crippen LogP contribution in [0, 0.1) is 0 Å². The fraction of sp³-hybridized carbons (Fsp3) is 0.611. The van der Waals surface area contributed by atoms with Crippen LogP contribution in [0.2, 0.25) is 0 Å². The van der Waals surface area contributed by atoms with Gasteiger partial charge in [0, 0.05) is 52.0 Å². The highest BCUT2D eigenvalue weighted by molar-refractivity contribution is 7.90. The number of ether oxygens (including phenoxy) is 1. The number of allylic oxidation sites excluding steroid dienone is 2. The lowest BCUT2D eigenvalue weighted by molar-refractivity contribution is -0.139. The van der Waals surface area contributed by atoms with Gasteiger partial charge in [0.15, 0.2) is 5.84 Å². The Kier molecular flexibility index (Phi) is 5.70. The second-order valence-corrected chi connectivity index (χ2v) is 9.13. The summed E-state index contributed by atoms with van der Waals surface area (Å²) in [5.74, 6) is -0.0653. The number of carbonyl (C=O) groups excluding carboxylic acids is 2. The summed E-state index contributed by atoms with van der Waals surface area (Å²) >= 11 is 0. The number of sulfonamides is 1. The third-order valence-corrected chi connectivity index (χ3v) is 6.62. The van der Waals surface area contributed by atoms with Crippen LogP contribution in [0.1, 0.15) is 0 Å². The van der Waals surface area contributed by atoms with Crippen molar-refractivity contribution in [1.29, 1.82) is 0 Å². The largest absolute Gasteiger partial charge is 0.379 e. The maximum absolute atomic E-state index is 13.0. The van der Waals surface area contributed by atoms with E-state index in [2.05, 4.69) is 9.30 Å². The van der Waals surface area contributed by atoms with E-state index in [-0.39, 0.29) is 35.5 Å². The first-order valence-electron chi connectivity index (χ1n) is 9.78. The van der Waals surface area contributed by atoms with Crippen molar-refractivity contribution >= 4 is 27.7 Å². The average molecular weight is 423 g/mol. The van der Waals surface area contributed by atoms with E-state index in [1.54, 1.807) is 33.1 Å². The monoisotopic (exact) mass is 423 g/mol. The summed E-state index contributed by atoms with van der Waals surface area (Å²) in [6.07, 6.45) is 5.06. The van der Waals surface area contributed by atoms with Gasteiger partial charge in [0.2, 0.25) is 5.91 Å². The van der Waals surface area contributed by atoms with Crippen molar-refractivity contribution in [3.63, 3.8) is 0 Å². The lowest BCUT2D eigenvalue weighted by Gasteiger charge is -2.37. The minimum atomic E-state index is -3.55. The molecule has 4 aliphatic heterocycles. The minimum Gasteiger partial charge on any atom is -0.379 e. The number of amides is 2. The molecule has 0 bridgehead atoms. The number of carbonyl (C=O) groups is 2. The van der Waals surface area contributed by atoms with E-state index < -0.39 is 10.0 Å². The highest BCUT2D eigenvalue weighted by Gasteiger charge is 2.33. The van der Waals surface area contributed by atoms with Crippen molar-refractivity contribution in [3.8, 4) is 0 Å². The molecule has 10 nitrogen and oxygen atoms in total. The predicted octanol–water partition coefficient (Wildman–Crippen LogP) is -1.51. The summed E-state index contributed by atoms with van der Waals surface area (Å²) in [5, 5.41) is 0. The molecular weight excluding hydrogens is 398 g/mol. The number of hydrogen-bond donors (Lipinski definition) is 0. The number of fused-ring (bicyclic) bond motifs is 1. The van der Waals surface area contributed by atoms with Gasteiger partial charge in [-0.1, -0.05) is 0 Å². The molecule has 0 N–H and O–H groups in total. The lowest BCUT2D eigenvalue weighted by atomic mass is 10.1. The van der Waals surface area contributed by atoms with Crippen LogP contribution in [0.4, 0.5) is 0 Å². The summed E-state index contributed by atoms with van der Waals surface area (Å²) in [4.78, 5) is 32.8. The number of piperazine rings is 1. The molecular formula is C18H25N5O5S. The Morgan fingerprint density at radius 3 is 2.41 bits per heavy atom. The maximum Gasteiger partial charge on any atom is 0.257 e. The second-order valence-electron chi connectivity index (χ2n) is 7.38. The van der Waals surface area contributed by atoms with Crippen LogP contribution in [-0.2, 0) is 24.3 Å². The van der Waals surface area contributed by atoms with Gasteiger partial charge >= 0.3 is 0 Å². The smallest absolute Gasteiger partial charge is 0.257 e. The lowest BCUT2D eigenvalue weighted by Crippen LogP contribution is -2.54. The molecule has 0 spiro atoms. The molecule has 4 heterocycles. The summed E-state index contributed by atoms with van der Waals surface area (Å²) in [6.45, 7) is 5.22. The zero-order valence-corrected chi connectivity index (χ0v) is 17.0. The fourth-order valence-corrected chi connectivity index (χ4v) is 4.75. The molecule has 0 aliphatic carbocycles. The van der Waals surface area contributed by atoms with Gasteiger partial charge < -0.3 is 19.4 Å². The molecule has 2 fully saturated rings. The van der Waals surface area contributed by atoms with Crippen molar-refractivity contribution in [2.24, 2.45) is 4.40 Å². The van der Waals surface area contributed by atoms with Crippen molar-refractivity contribution in [2.75, 3.05) is 71.3 Å². The maximum atomic E-state index is 13.0. The van der Waals surface area contributed by atoms with Crippen molar-refractivity contribution < 1.29 is 22.7 Å². The third-order valence-electron chi connectivity index (χ3n) is 5.47. The van der Waals surface area contributed by atoms with Crippen molar-refractivity contribution in [2.45, 2.75) is 0 Å². The number of nitrogens with zero attached hydrogens (tertiary/aromatic N) is 5. The molecule has 2 amide bonds. The Labute approximate surface area is 170 Å². The highest BCUT2D eigenvalue weighted by atomic mass is 32.2. The number of morpholine rings is 1. The Hall–Kier alpha value is -2.24. The predicted molar refractivity (Wildman–Crippen MR) is 106 cm³/mol. The summed E-state index contributed by atoms with van der Waals surface area (Å²) in [5.41, 5.74) is 0.281.